The van der Waals surface area contributed by atoms with Gasteiger partial charge in [0.05, 0.1) is 35.2 Å². The molecule has 12 heteroatoms. The van der Waals surface area contributed by atoms with Crippen LogP contribution in [0, 0.1) is 5.92 Å². The van der Waals surface area contributed by atoms with E-state index in [-0.39, 0.29) is 47.6 Å². The number of alkyl halides is 2. The molecule has 5 rings (SSSR count). The van der Waals surface area contributed by atoms with E-state index in [0.29, 0.717) is 23.0 Å². The van der Waals surface area contributed by atoms with E-state index in [1.54, 1.807) is 12.1 Å². The number of piperidine rings is 1. The molecule has 0 saturated carbocycles. The molecule has 2 aliphatic rings. The molecule has 2 fully saturated rings. The maximum atomic E-state index is 14.9. The third-order valence-electron chi connectivity index (χ3n) is 9.72. The Bertz CT molecular complexity index is 1570. The summed E-state index contributed by atoms with van der Waals surface area (Å²) in [4.78, 5) is 30.7. The first-order valence-corrected chi connectivity index (χ1v) is 15.8. The number of carbonyl (C=O) groups is 2. The van der Waals surface area contributed by atoms with Crippen LogP contribution in [0.3, 0.4) is 0 Å². The molecule has 3 N–H and O–H groups in total. The highest BCUT2D eigenvalue weighted by Crippen LogP contribution is 2.59. The Labute approximate surface area is 277 Å². The molecule has 3 aromatic carbocycles. The van der Waals surface area contributed by atoms with Crippen molar-refractivity contribution < 1.29 is 32.6 Å². The lowest BCUT2D eigenvalue weighted by Crippen LogP contribution is -2.70. The molecule has 4 unspecified atom stereocenters. The van der Waals surface area contributed by atoms with Gasteiger partial charge < -0.3 is 30.2 Å². The number of nitrogens with zero attached hydrogens (tertiary/aromatic N) is 1. The number of likely N-dealkylation sites (tertiary alicyclic amines) is 1. The number of methoxy groups -OCH3 is 2. The van der Waals surface area contributed by atoms with E-state index < -0.39 is 29.4 Å². The number of nitrogens with one attached hydrogen (secondary N) is 1. The summed E-state index contributed by atoms with van der Waals surface area (Å²) < 4.78 is 42.0. The van der Waals surface area contributed by atoms with E-state index in [9.17, 15) is 18.4 Å². The SMILES string of the molecule is CCC1(C2CCNC2)C(c2ccc(Cl)c(Cl)c2)C(C(N)=O)(c2ccccc2)CCN1C(=O)c1cc(OC)c(OC(F)F)c(OC)c1. The van der Waals surface area contributed by atoms with Gasteiger partial charge in [-0.3, -0.25) is 9.59 Å². The van der Waals surface area contributed by atoms with Crippen LogP contribution in [0.15, 0.2) is 60.7 Å². The Balaban J connectivity index is 1.79. The molecule has 246 valence electrons. The van der Waals surface area contributed by atoms with Gasteiger partial charge in [-0.05, 0) is 67.1 Å². The molecule has 46 heavy (non-hydrogen) atoms. The van der Waals surface area contributed by atoms with E-state index in [1.165, 1.54) is 26.4 Å². The fourth-order valence-electron chi connectivity index (χ4n) is 7.82. The number of primary amides is 1. The Morgan fingerprint density at radius 2 is 1.72 bits per heavy atom. The molecule has 4 atom stereocenters. The molecule has 2 aliphatic heterocycles. The van der Waals surface area contributed by atoms with E-state index in [1.807, 2.05) is 48.2 Å². The van der Waals surface area contributed by atoms with Gasteiger partial charge in [0.15, 0.2) is 11.5 Å². The van der Waals surface area contributed by atoms with Gasteiger partial charge in [-0.1, -0.05) is 66.5 Å². The Kier molecular flexibility index (Phi) is 10.0. The number of carbonyl (C=O) groups excluding carboxylic acids is 2. The zero-order valence-corrected chi connectivity index (χ0v) is 27.3. The van der Waals surface area contributed by atoms with Crippen molar-refractivity contribution in [3.8, 4) is 17.2 Å². The number of ether oxygens (including phenoxy) is 3. The molecule has 0 bridgehead atoms. The summed E-state index contributed by atoms with van der Waals surface area (Å²) in [6.07, 6.45) is 1.40. The van der Waals surface area contributed by atoms with E-state index in [2.05, 4.69) is 10.1 Å². The number of hydrogen-bond donors (Lipinski definition) is 2. The van der Waals surface area contributed by atoms with E-state index in [4.69, 9.17) is 38.4 Å². The molecule has 0 radical (unpaired) electrons. The molecule has 0 aliphatic carbocycles. The van der Waals surface area contributed by atoms with Gasteiger partial charge in [-0.2, -0.15) is 8.78 Å². The number of benzene rings is 3. The van der Waals surface area contributed by atoms with Gasteiger partial charge in [-0.15, -0.1) is 0 Å². The summed E-state index contributed by atoms with van der Waals surface area (Å²) in [5.74, 6) is -2.13. The van der Waals surface area contributed by atoms with Crippen molar-refractivity contribution >= 4 is 35.0 Å². The predicted octanol–water partition coefficient (Wildman–Crippen LogP) is 6.42. The minimum atomic E-state index is -3.14. The summed E-state index contributed by atoms with van der Waals surface area (Å²) in [5, 5.41) is 4.12. The smallest absolute Gasteiger partial charge is 0.387 e. The van der Waals surface area contributed by atoms with Gasteiger partial charge in [0.1, 0.15) is 0 Å². The second kappa shape index (κ2) is 13.6. The van der Waals surface area contributed by atoms with Crippen LogP contribution in [-0.4, -0.2) is 62.7 Å². The van der Waals surface area contributed by atoms with Crippen LogP contribution >= 0.6 is 23.2 Å². The summed E-state index contributed by atoms with van der Waals surface area (Å²) in [7, 11) is 2.59. The average Bonchev–Trinajstić information content (AvgIpc) is 3.61. The molecule has 2 heterocycles. The third kappa shape index (κ3) is 5.65. The lowest BCUT2D eigenvalue weighted by atomic mass is 9.51. The van der Waals surface area contributed by atoms with Crippen LogP contribution in [0.2, 0.25) is 10.0 Å². The van der Waals surface area contributed by atoms with Crippen LogP contribution in [0.5, 0.6) is 17.2 Å². The molecule has 0 aromatic heterocycles. The fourth-order valence-corrected chi connectivity index (χ4v) is 8.13. The van der Waals surface area contributed by atoms with Crippen LogP contribution in [0.1, 0.15) is 53.6 Å². The number of rotatable bonds is 10. The minimum Gasteiger partial charge on any atom is -0.493 e. The third-order valence-corrected chi connectivity index (χ3v) is 10.5. The lowest BCUT2D eigenvalue weighted by Gasteiger charge is -2.61. The molecule has 8 nitrogen and oxygen atoms in total. The largest absolute Gasteiger partial charge is 0.493 e. The standard InChI is InChI=1S/C34H37Cl2F2N3O5/c1-4-34(23-12-14-40-19-23)29(20-10-11-24(35)25(36)16-20)33(31(39)43,22-8-6-5-7-9-22)13-15-41(34)30(42)21-17-26(44-2)28(46-32(37)38)27(18-21)45-3/h5-11,16-18,23,29,32,40H,4,12-15,19H2,1-3H3,(H2,39,43). The summed E-state index contributed by atoms with van der Waals surface area (Å²) in [6, 6.07) is 17.5. The lowest BCUT2D eigenvalue weighted by molar-refractivity contribution is -0.131. The average molecular weight is 677 g/mol. The molecule has 2 amide bonds. The summed E-state index contributed by atoms with van der Waals surface area (Å²) >= 11 is 13.0. The summed E-state index contributed by atoms with van der Waals surface area (Å²) in [6.45, 7) is 0.358. The van der Waals surface area contributed by atoms with Crippen LogP contribution < -0.4 is 25.3 Å². The van der Waals surface area contributed by atoms with Gasteiger partial charge in [0.2, 0.25) is 11.7 Å². The fraction of sp³-hybridized carbons (Fsp3) is 0.412. The number of amides is 2. The van der Waals surface area contributed by atoms with Gasteiger partial charge in [0.25, 0.3) is 5.91 Å². The summed E-state index contributed by atoms with van der Waals surface area (Å²) in [5.41, 5.74) is 5.86. The van der Waals surface area contributed by atoms with E-state index >= 15 is 0 Å². The van der Waals surface area contributed by atoms with Gasteiger partial charge in [0, 0.05) is 24.6 Å². The maximum absolute atomic E-state index is 14.9. The maximum Gasteiger partial charge on any atom is 0.387 e. The van der Waals surface area contributed by atoms with Crippen LogP contribution in [0.25, 0.3) is 0 Å². The second-order valence-electron chi connectivity index (χ2n) is 11.6. The highest BCUT2D eigenvalue weighted by Gasteiger charge is 2.64. The predicted molar refractivity (Wildman–Crippen MR) is 172 cm³/mol. The van der Waals surface area contributed by atoms with Crippen molar-refractivity contribution in [1.29, 1.82) is 0 Å². The van der Waals surface area contributed by atoms with Crippen molar-refractivity contribution in [2.24, 2.45) is 11.7 Å². The zero-order valence-electron chi connectivity index (χ0n) is 25.8. The molecule has 2 saturated heterocycles. The first-order valence-electron chi connectivity index (χ1n) is 15.1. The van der Waals surface area contributed by atoms with E-state index in [0.717, 1.165) is 24.1 Å². The molecule has 0 spiro atoms. The van der Waals surface area contributed by atoms with Crippen molar-refractivity contribution in [1.82, 2.24) is 10.2 Å². The molecule has 3 aromatic rings. The monoisotopic (exact) mass is 675 g/mol. The first kappa shape index (κ1) is 33.8. The molecular weight excluding hydrogens is 639 g/mol. The van der Waals surface area contributed by atoms with Crippen molar-refractivity contribution in [2.45, 2.75) is 49.7 Å². The van der Waals surface area contributed by atoms with Crippen molar-refractivity contribution in [3.63, 3.8) is 0 Å². The molecular formula is C34H37Cl2F2N3O5. The topological polar surface area (TPSA) is 103 Å². The Morgan fingerprint density at radius 1 is 1.04 bits per heavy atom. The van der Waals surface area contributed by atoms with Crippen molar-refractivity contribution in [2.75, 3.05) is 33.9 Å². The van der Waals surface area contributed by atoms with Crippen molar-refractivity contribution in [3.05, 3.63) is 87.4 Å². The Morgan fingerprint density at radius 3 is 2.24 bits per heavy atom. The number of nitrogens with two attached hydrogens (primary N) is 1. The van der Waals surface area contributed by atoms with Crippen LogP contribution in [0.4, 0.5) is 8.78 Å². The second-order valence-corrected chi connectivity index (χ2v) is 12.5. The first-order chi connectivity index (χ1) is 22.0. The zero-order chi connectivity index (χ0) is 33.2. The Hall–Kier alpha value is -3.60. The highest BCUT2D eigenvalue weighted by atomic mass is 35.5. The van der Waals surface area contributed by atoms with Crippen LogP contribution in [-0.2, 0) is 10.2 Å². The quantitative estimate of drug-likeness (QED) is 0.257. The highest BCUT2D eigenvalue weighted by molar-refractivity contribution is 6.42. The minimum absolute atomic E-state index is 0.0820. The normalized spacial score (nSPS) is 24.6. The number of hydrogen-bond acceptors (Lipinski definition) is 6. The number of halogens is 4. The van der Waals surface area contributed by atoms with Gasteiger partial charge in [-0.25, -0.2) is 0 Å². The van der Waals surface area contributed by atoms with Gasteiger partial charge >= 0.3 is 6.61 Å².